The van der Waals surface area contributed by atoms with Crippen LogP contribution in [0.15, 0.2) is 30.5 Å². The van der Waals surface area contributed by atoms with Crippen LogP contribution in [0.25, 0.3) is 10.9 Å². The molecule has 0 saturated heterocycles. The highest BCUT2D eigenvalue weighted by molar-refractivity contribution is 5.92. The Bertz CT molecular complexity index is 527. The molecule has 0 saturated carbocycles. The molecular formula is C14H19N3O. The topological polar surface area (TPSA) is 62.4 Å². The van der Waals surface area contributed by atoms with Crippen LogP contribution in [0.3, 0.4) is 0 Å². The quantitative estimate of drug-likeness (QED) is 0.786. The predicted octanol–water partition coefficient (Wildman–Crippen LogP) is 1.63. The van der Waals surface area contributed by atoms with E-state index in [0.29, 0.717) is 6.54 Å². The summed E-state index contributed by atoms with van der Waals surface area (Å²) < 4.78 is 0. The average Bonchev–Trinajstić information content (AvgIpc) is 2.41. The molecule has 2 rings (SSSR count). The Kier molecular flexibility index (Phi) is 4.12. The number of nitrogen functional groups attached to an aromatic ring is 1. The maximum absolute atomic E-state index is 9.03. The summed E-state index contributed by atoms with van der Waals surface area (Å²) in [5.74, 6) is 0. The normalized spacial score (nSPS) is 11.3. The molecule has 2 aromatic rings. The summed E-state index contributed by atoms with van der Waals surface area (Å²) in [6, 6.07) is 7.83. The zero-order valence-corrected chi connectivity index (χ0v) is 10.6. The standard InChI is InChI=1S/C14H19N3O/c1-2-17(8-9-18)10-11-5-6-13(15)12-4-3-7-16-14(11)12/h3-7,18H,2,8-10,15H2,1H3. The number of aromatic nitrogens is 1. The minimum absolute atomic E-state index is 0.175. The molecule has 0 atom stereocenters. The minimum atomic E-state index is 0.175. The van der Waals surface area contributed by atoms with Gasteiger partial charge in [0.25, 0.3) is 0 Å². The van der Waals surface area contributed by atoms with Crippen molar-refractivity contribution in [3.8, 4) is 0 Å². The van der Waals surface area contributed by atoms with Crippen LogP contribution in [0, 0.1) is 0 Å². The fourth-order valence-corrected chi connectivity index (χ4v) is 2.11. The number of pyridine rings is 1. The lowest BCUT2D eigenvalue weighted by Crippen LogP contribution is -2.26. The maximum Gasteiger partial charge on any atom is 0.0767 e. The van der Waals surface area contributed by atoms with Gasteiger partial charge in [-0.05, 0) is 30.3 Å². The van der Waals surface area contributed by atoms with Gasteiger partial charge in [0, 0.05) is 30.4 Å². The summed E-state index contributed by atoms with van der Waals surface area (Å²) in [6.45, 7) is 4.62. The van der Waals surface area contributed by atoms with Crippen LogP contribution < -0.4 is 5.73 Å². The van der Waals surface area contributed by atoms with E-state index in [2.05, 4.69) is 16.8 Å². The van der Waals surface area contributed by atoms with Gasteiger partial charge in [0.05, 0.1) is 12.1 Å². The summed E-state index contributed by atoms with van der Waals surface area (Å²) in [5, 5.41) is 10.0. The van der Waals surface area contributed by atoms with Gasteiger partial charge >= 0.3 is 0 Å². The lowest BCUT2D eigenvalue weighted by molar-refractivity contribution is 0.197. The highest BCUT2D eigenvalue weighted by atomic mass is 16.3. The summed E-state index contributed by atoms with van der Waals surface area (Å²) >= 11 is 0. The smallest absolute Gasteiger partial charge is 0.0767 e. The number of nitrogens with zero attached hydrogens (tertiary/aromatic N) is 2. The van der Waals surface area contributed by atoms with Crippen molar-refractivity contribution in [3.63, 3.8) is 0 Å². The number of hydrogen-bond donors (Lipinski definition) is 2. The number of anilines is 1. The molecule has 1 aromatic carbocycles. The first-order valence-corrected chi connectivity index (χ1v) is 6.21. The Morgan fingerprint density at radius 2 is 2.17 bits per heavy atom. The van der Waals surface area contributed by atoms with Crippen LogP contribution in [-0.4, -0.2) is 34.7 Å². The second-order valence-electron chi connectivity index (χ2n) is 4.31. The number of fused-ring (bicyclic) bond motifs is 1. The minimum Gasteiger partial charge on any atom is -0.398 e. The third kappa shape index (κ3) is 2.60. The monoisotopic (exact) mass is 245 g/mol. The van der Waals surface area contributed by atoms with Crippen LogP contribution in [0.5, 0.6) is 0 Å². The molecule has 18 heavy (non-hydrogen) atoms. The first-order valence-electron chi connectivity index (χ1n) is 6.21. The summed E-state index contributed by atoms with van der Waals surface area (Å²) in [6.07, 6.45) is 1.79. The Hall–Kier alpha value is -1.65. The lowest BCUT2D eigenvalue weighted by atomic mass is 10.1. The summed E-state index contributed by atoms with van der Waals surface area (Å²) in [7, 11) is 0. The molecule has 0 spiro atoms. The highest BCUT2D eigenvalue weighted by Crippen LogP contribution is 2.23. The van der Waals surface area contributed by atoms with E-state index in [0.717, 1.165) is 35.2 Å². The van der Waals surface area contributed by atoms with Crippen LogP contribution in [-0.2, 0) is 6.54 Å². The van der Waals surface area contributed by atoms with Crippen molar-refractivity contribution in [1.82, 2.24) is 9.88 Å². The largest absolute Gasteiger partial charge is 0.398 e. The molecule has 0 amide bonds. The zero-order valence-electron chi connectivity index (χ0n) is 10.6. The van der Waals surface area contributed by atoms with E-state index < -0.39 is 0 Å². The summed E-state index contributed by atoms with van der Waals surface area (Å²) in [4.78, 5) is 6.60. The number of aliphatic hydroxyl groups is 1. The van der Waals surface area contributed by atoms with Crippen LogP contribution in [0.1, 0.15) is 12.5 Å². The second kappa shape index (κ2) is 5.80. The van der Waals surface area contributed by atoms with Crippen molar-refractivity contribution in [2.75, 3.05) is 25.4 Å². The number of nitrogens with two attached hydrogens (primary N) is 1. The van der Waals surface area contributed by atoms with Gasteiger partial charge in [0.15, 0.2) is 0 Å². The van der Waals surface area contributed by atoms with Crippen molar-refractivity contribution in [2.24, 2.45) is 0 Å². The Morgan fingerprint density at radius 3 is 2.89 bits per heavy atom. The fourth-order valence-electron chi connectivity index (χ4n) is 2.11. The van der Waals surface area contributed by atoms with Crippen molar-refractivity contribution in [3.05, 3.63) is 36.0 Å². The van der Waals surface area contributed by atoms with Gasteiger partial charge in [-0.1, -0.05) is 13.0 Å². The van der Waals surface area contributed by atoms with Crippen molar-refractivity contribution in [1.29, 1.82) is 0 Å². The highest BCUT2D eigenvalue weighted by Gasteiger charge is 2.08. The molecule has 0 bridgehead atoms. The molecule has 0 unspecified atom stereocenters. The first kappa shape index (κ1) is 12.8. The lowest BCUT2D eigenvalue weighted by Gasteiger charge is -2.20. The van der Waals surface area contributed by atoms with Gasteiger partial charge in [0.2, 0.25) is 0 Å². The van der Waals surface area contributed by atoms with Gasteiger partial charge in [-0.2, -0.15) is 0 Å². The number of benzene rings is 1. The average molecular weight is 245 g/mol. The van der Waals surface area contributed by atoms with Crippen LogP contribution in [0.2, 0.25) is 0 Å². The third-order valence-electron chi connectivity index (χ3n) is 3.14. The Balaban J connectivity index is 2.36. The molecular weight excluding hydrogens is 226 g/mol. The molecule has 0 aliphatic rings. The van der Waals surface area contributed by atoms with E-state index in [1.54, 1.807) is 6.20 Å². The summed E-state index contributed by atoms with van der Waals surface area (Å²) in [5.41, 5.74) is 8.81. The third-order valence-corrected chi connectivity index (χ3v) is 3.14. The van der Waals surface area contributed by atoms with Crippen LogP contribution in [0.4, 0.5) is 5.69 Å². The van der Waals surface area contributed by atoms with Crippen LogP contribution >= 0.6 is 0 Å². The number of aliphatic hydroxyl groups excluding tert-OH is 1. The molecule has 0 aliphatic heterocycles. The number of hydrogen-bond acceptors (Lipinski definition) is 4. The number of rotatable bonds is 5. The predicted molar refractivity (Wildman–Crippen MR) is 74.2 cm³/mol. The molecule has 1 aromatic heterocycles. The molecule has 3 N–H and O–H groups in total. The van der Waals surface area contributed by atoms with E-state index in [-0.39, 0.29) is 6.61 Å². The second-order valence-corrected chi connectivity index (χ2v) is 4.31. The molecule has 0 radical (unpaired) electrons. The van der Waals surface area contributed by atoms with E-state index in [9.17, 15) is 0 Å². The maximum atomic E-state index is 9.03. The molecule has 4 heteroatoms. The van der Waals surface area contributed by atoms with E-state index in [1.807, 2.05) is 24.3 Å². The fraction of sp³-hybridized carbons (Fsp3) is 0.357. The molecule has 0 fully saturated rings. The van der Waals surface area contributed by atoms with Crippen molar-refractivity contribution < 1.29 is 5.11 Å². The molecule has 1 heterocycles. The zero-order chi connectivity index (χ0) is 13.0. The molecule has 96 valence electrons. The Labute approximate surface area is 107 Å². The van der Waals surface area contributed by atoms with E-state index in [4.69, 9.17) is 10.8 Å². The Morgan fingerprint density at radius 1 is 1.33 bits per heavy atom. The van der Waals surface area contributed by atoms with Gasteiger partial charge in [-0.15, -0.1) is 0 Å². The molecule has 0 aliphatic carbocycles. The molecule has 4 nitrogen and oxygen atoms in total. The van der Waals surface area contributed by atoms with E-state index >= 15 is 0 Å². The first-order chi connectivity index (χ1) is 8.76. The van der Waals surface area contributed by atoms with Gasteiger partial charge in [-0.25, -0.2) is 0 Å². The SMILES string of the molecule is CCN(CCO)Cc1ccc(N)c2cccnc12. The van der Waals surface area contributed by atoms with Gasteiger partial charge < -0.3 is 10.8 Å². The number of likely N-dealkylation sites (N-methyl/N-ethyl adjacent to an activating group) is 1. The van der Waals surface area contributed by atoms with Gasteiger partial charge in [-0.3, -0.25) is 9.88 Å². The van der Waals surface area contributed by atoms with Crippen molar-refractivity contribution >= 4 is 16.6 Å². The van der Waals surface area contributed by atoms with Crippen molar-refractivity contribution in [2.45, 2.75) is 13.5 Å². The van der Waals surface area contributed by atoms with E-state index in [1.165, 1.54) is 0 Å². The van der Waals surface area contributed by atoms with Gasteiger partial charge in [0.1, 0.15) is 0 Å².